The van der Waals surface area contributed by atoms with Crippen LogP contribution in [0.2, 0.25) is 0 Å². The molecule has 0 amide bonds. The number of thiazole rings is 1. The van der Waals surface area contributed by atoms with Gasteiger partial charge in [0.05, 0.1) is 17.0 Å². The molecule has 0 bridgehead atoms. The Kier molecular flexibility index (Phi) is 2.38. The van der Waals surface area contributed by atoms with Crippen molar-refractivity contribution < 1.29 is 5.11 Å². The predicted molar refractivity (Wildman–Crippen MR) is 53.5 cm³/mol. The number of aliphatic hydroxyl groups is 1. The van der Waals surface area contributed by atoms with E-state index in [2.05, 4.69) is 4.98 Å². The van der Waals surface area contributed by atoms with Crippen LogP contribution in [0, 0.1) is 0 Å². The molecule has 0 spiro atoms. The van der Waals surface area contributed by atoms with Crippen LogP contribution < -0.4 is 0 Å². The average molecular weight is 191 g/mol. The van der Waals surface area contributed by atoms with E-state index in [9.17, 15) is 0 Å². The molecule has 0 unspecified atom stereocenters. The first-order valence-electron chi connectivity index (χ1n) is 3.99. The molecule has 0 fully saturated rings. The fourth-order valence-corrected chi connectivity index (χ4v) is 1.80. The average Bonchev–Trinajstić information content (AvgIpc) is 2.71. The maximum atomic E-state index is 8.95. The fourth-order valence-electron chi connectivity index (χ4n) is 1.18. The second-order valence-corrected chi connectivity index (χ2v) is 3.61. The van der Waals surface area contributed by atoms with Gasteiger partial charge in [0.25, 0.3) is 0 Å². The first kappa shape index (κ1) is 8.41. The van der Waals surface area contributed by atoms with E-state index in [1.165, 1.54) is 0 Å². The molecule has 0 radical (unpaired) electrons. The zero-order valence-corrected chi connectivity index (χ0v) is 7.79. The van der Waals surface area contributed by atoms with Gasteiger partial charge in [-0.25, -0.2) is 0 Å². The highest BCUT2D eigenvalue weighted by molar-refractivity contribution is 7.13. The number of nitrogens with zero attached hydrogens (tertiary/aromatic N) is 1. The molecule has 2 rings (SSSR count). The van der Waals surface area contributed by atoms with Gasteiger partial charge in [-0.1, -0.05) is 18.2 Å². The Morgan fingerprint density at radius 2 is 2.31 bits per heavy atom. The summed E-state index contributed by atoms with van der Waals surface area (Å²) in [7, 11) is 0. The zero-order chi connectivity index (χ0) is 9.10. The van der Waals surface area contributed by atoms with Gasteiger partial charge in [0.2, 0.25) is 0 Å². The molecule has 13 heavy (non-hydrogen) atoms. The molecular formula is C10H9NOS. The lowest BCUT2D eigenvalue weighted by molar-refractivity contribution is 0.282. The molecule has 1 heterocycles. The first-order chi connectivity index (χ1) is 6.40. The first-order valence-corrected chi connectivity index (χ1v) is 4.87. The van der Waals surface area contributed by atoms with Crippen LogP contribution in [0.3, 0.4) is 0 Å². The molecule has 1 aromatic carbocycles. The topological polar surface area (TPSA) is 33.1 Å². The SMILES string of the molecule is OCc1cccc(-c2cncs2)c1. The summed E-state index contributed by atoms with van der Waals surface area (Å²) in [5.41, 5.74) is 3.86. The van der Waals surface area contributed by atoms with Crippen molar-refractivity contribution >= 4 is 11.3 Å². The van der Waals surface area contributed by atoms with Gasteiger partial charge in [-0.15, -0.1) is 11.3 Å². The highest BCUT2D eigenvalue weighted by Crippen LogP contribution is 2.23. The van der Waals surface area contributed by atoms with Crippen molar-refractivity contribution in [2.45, 2.75) is 6.61 Å². The van der Waals surface area contributed by atoms with Gasteiger partial charge >= 0.3 is 0 Å². The zero-order valence-electron chi connectivity index (χ0n) is 6.97. The lowest BCUT2D eigenvalue weighted by atomic mass is 10.1. The van der Waals surface area contributed by atoms with Crippen molar-refractivity contribution in [1.82, 2.24) is 4.98 Å². The summed E-state index contributed by atoms with van der Waals surface area (Å²) < 4.78 is 0. The van der Waals surface area contributed by atoms with Crippen molar-refractivity contribution in [3.05, 3.63) is 41.5 Å². The highest BCUT2D eigenvalue weighted by atomic mass is 32.1. The quantitative estimate of drug-likeness (QED) is 0.790. The summed E-state index contributed by atoms with van der Waals surface area (Å²) in [6.07, 6.45) is 1.83. The minimum atomic E-state index is 0.0899. The van der Waals surface area contributed by atoms with Gasteiger partial charge in [-0.2, -0.15) is 0 Å². The maximum absolute atomic E-state index is 8.95. The third-order valence-corrected chi connectivity index (χ3v) is 2.65. The van der Waals surface area contributed by atoms with Crippen LogP contribution in [0.25, 0.3) is 10.4 Å². The summed E-state index contributed by atoms with van der Waals surface area (Å²) >= 11 is 1.60. The van der Waals surface area contributed by atoms with Gasteiger partial charge < -0.3 is 5.11 Å². The smallest absolute Gasteiger partial charge is 0.0797 e. The minimum absolute atomic E-state index is 0.0899. The number of aromatic nitrogens is 1. The van der Waals surface area contributed by atoms with Crippen LogP contribution >= 0.6 is 11.3 Å². The second kappa shape index (κ2) is 3.68. The number of hydrogen-bond acceptors (Lipinski definition) is 3. The Labute approximate surface area is 80.5 Å². The van der Waals surface area contributed by atoms with Crippen LogP contribution in [0.4, 0.5) is 0 Å². The van der Waals surface area contributed by atoms with Gasteiger partial charge in [0, 0.05) is 6.20 Å². The Balaban J connectivity index is 2.41. The van der Waals surface area contributed by atoms with Crippen LogP contribution in [0.1, 0.15) is 5.56 Å². The maximum Gasteiger partial charge on any atom is 0.0797 e. The fraction of sp³-hybridized carbons (Fsp3) is 0.100. The molecule has 0 aliphatic carbocycles. The molecule has 3 heteroatoms. The van der Waals surface area contributed by atoms with E-state index in [0.29, 0.717) is 0 Å². The Morgan fingerprint density at radius 3 is 3.00 bits per heavy atom. The molecule has 0 aliphatic rings. The second-order valence-electron chi connectivity index (χ2n) is 2.72. The lowest BCUT2D eigenvalue weighted by Gasteiger charge is -1.99. The van der Waals surface area contributed by atoms with Gasteiger partial charge in [0.1, 0.15) is 0 Å². The molecule has 1 aromatic heterocycles. The molecule has 2 aromatic rings. The monoisotopic (exact) mass is 191 g/mol. The molecule has 2 nitrogen and oxygen atoms in total. The molecule has 0 atom stereocenters. The summed E-state index contributed by atoms with van der Waals surface area (Å²) in [4.78, 5) is 5.14. The summed E-state index contributed by atoms with van der Waals surface area (Å²) in [5.74, 6) is 0. The van der Waals surface area contributed by atoms with Crippen molar-refractivity contribution in [2.24, 2.45) is 0 Å². The largest absolute Gasteiger partial charge is 0.392 e. The molecule has 66 valence electrons. The Morgan fingerprint density at radius 1 is 1.38 bits per heavy atom. The van der Waals surface area contributed by atoms with E-state index in [-0.39, 0.29) is 6.61 Å². The predicted octanol–water partition coefficient (Wildman–Crippen LogP) is 2.30. The Hall–Kier alpha value is -1.19. The third kappa shape index (κ3) is 1.76. The van der Waals surface area contributed by atoms with Gasteiger partial charge in [-0.05, 0) is 17.2 Å². The third-order valence-electron chi connectivity index (χ3n) is 1.83. The van der Waals surface area contributed by atoms with Crippen LogP contribution in [0.15, 0.2) is 36.0 Å². The van der Waals surface area contributed by atoms with Gasteiger partial charge in [0.15, 0.2) is 0 Å². The number of rotatable bonds is 2. The van der Waals surface area contributed by atoms with Crippen molar-refractivity contribution in [3.63, 3.8) is 0 Å². The molecule has 0 saturated carbocycles. The van der Waals surface area contributed by atoms with Crippen molar-refractivity contribution in [2.75, 3.05) is 0 Å². The molecule has 1 N–H and O–H groups in total. The van der Waals surface area contributed by atoms with Gasteiger partial charge in [-0.3, -0.25) is 4.98 Å². The minimum Gasteiger partial charge on any atom is -0.392 e. The van der Waals surface area contributed by atoms with Crippen LogP contribution in [-0.4, -0.2) is 10.1 Å². The number of aliphatic hydroxyl groups excluding tert-OH is 1. The summed E-state index contributed by atoms with van der Waals surface area (Å²) in [5, 5.41) is 8.95. The van der Waals surface area contributed by atoms with E-state index in [1.54, 1.807) is 16.8 Å². The van der Waals surface area contributed by atoms with E-state index < -0.39 is 0 Å². The van der Waals surface area contributed by atoms with E-state index >= 15 is 0 Å². The van der Waals surface area contributed by atoms with E-state index in [0.717, 1.165) is 16.0 Å². The normalized spacial score (nSPS) is 10.2. The van der Waals surface area contributed by atoms with Crippen LogP contribution in [-0.2, 0) is 6.61 Å². The van der Waals surface area contributed by atoms with Crippen LogP contribution in [0.5, 0.6) is 0 Å². The number of hydrogen-bond donors (Lipinski definition) is 1. The van der Waals surface area contributed by atoms with Crippen molar-refractivity contribution in [1.29, 1.82) is 0 Å². The number of benzene rings is 1. The molecular weight excluding hydrogens is 182 g/mol. The lowest BCUT2D eigenvalue weighted by Crippen LogP contribution is -1.82. The van der Waals surface area contributed by atoms with Crippen molar-refractivity contribution in [3.8, 4) is 10.4 Å². The summed E-state index contributed by atoms with van der Waals surface area (Å²) in [6, 6.07) is 7.85. The highest BCUT2D eigenvalue weighted by Gasteiger charge is 1.99. The Bertz CT molecular complexity index is 384. The molecule has 0 saturated heterocycles. The van der Waals surface area contributed by atoms with E-state index in [1.807, 2.05) is 30.5 Å². The van der Waals surface area contributed by atoms with E-state index in [4.69, 9.17) is 5.11 Å². The summed E-state index contributed by atoms with van der Waals surface area (Å²) in [6.45, 7) is 0.0899. The molecule has 0 aliphatic heterocycles. The standard InChI is InChI=1S/C10H9NOS/c12-6-8-2-1-3-9(4-8)10-5-11-7-13-10/h1-5,7,12H,6H2.